The topological polar surface area (TPSA) is 43.6 Å². The van der Waals surface area contributed by atoms with Crippen LogP contribution in [0.1, 0.15) is 29.4 Å². The van der Waals surface area contributed by atoms with Gasteiger partial charge in [0.15, 0.2) is 5.82 Å². The lowest BCUT2D eigenvalue weighted by atomic mass is 10.0. The summed E-state index contributed by atoms with van der Waals surface area (Å²) < 4.78 is 1.95. The van der Waals surface area contributed by atoms with Crippen LogP contribution in [-0.2, 0) is 12.8 Å². The Bertz CT molecular complexity index is 1050. The molecule has 2 aromatic carbocycles. The van der Waals surface area contributed by atoms with E-state index in [4.69, 9.17) is 10.1 Å². The van der Waals surface area contributed by atoms with Gasteiger partial charge in [-0.15, -0.1) is 5.10 Å². The number of hydrogen-bond donors (Lipinski definition) is 0. The summed E-state index contributed by atoms with van der Waals surface area (Å²) in [6.45, 7) is 4.26. The second kappa shape index (κ2) is 7.54. The highest BCUT2D eigenvalue weighted by atomic mass is 15.3. The Morgan fingerprint density at radius 1 is 0.963 bits per heavy atom. The average molecular weight is 354 g/mol. The first-order chi connectivity index (χ1) is 13.2. The van der Waals surface area contributed by atoms with E-state index in [2.05, 4.69) is 67.4 Å². The van der Waals surface area contributed by atoms with E-state index in [9.17, 15) is 0 Å². The fraction of sp³-hybridized carbons (Fsp3) is 0.174. The lowest BCUT2D eigenvalue weighted by molar-refractivity contribution is 0.801. The number of aromatic nitrogens is 4. The Morgan fingerprint density at radius 3 is 2.63 bits per heavy atom. The molecule has 2 heterocycles. The molecule has 0 N–H and O–H groups in total. The lowest BCUT2D eigenvalue weighted by Gasteiger charge is -2.09. The predicted molar refractivity (Wildman–Crippen MR) is 108 cm³/mol. The van der Waals surface area contributed by atoms with Gasteiger partial charge in [0.05, 0.1) is 5.69 Å². The van der Waals surface area contributed by atoms with Crippen LogP contribution in [0.3, 0.4) is 0 Å². The van der Waals surface area contributed by atoms with Gasteiger partial charge in [-0.1, -0.05) is 43.3 Å². The molecule has 2 aromatic heterocycles. The van der Waals surface area contributed by atoms with Gasteiger partial charge in [-0.25, -0.2) is 9.67 Å². The van der Waals surface area contributed by atoms with Crippen molar-refractivity contribution in [2.75, 3.05) is 0 Å². The number of benzene rings is 2. The molecule has 0 bridgehead atoms. The maximum atomic E-state index is 4.75. The molecule has 134 valence electrons. The predicted octanol–water partition coefficient (Wildman–Crippen LogP) is 4.79. The zero-order chi connectivity index (χ0) is 18.6. The van der Waals surface area contributed by atoms with Crippen LogP contribution in [0.2, 0.25) is 0 Å². The molecular weight excluding hydrogens is 332 g/mol. The third-order valence-corrected chi connectivity index (χ3v) is 4.72. The monoisotopic (exact) mass is 354 g/mol. The Balaban J connectivity index is 1.70. The quantitative estimate of drug-likeness (QED) is 0.517. The number of hydrogen-bond acceptors (Lipinski definition) is 3. The van der Waals surface area contributed by atoms with Crippen LogP contribution in [0.5, 0.6) is 0 Å². The molecule has 0 aliphatic carbocycles. The van der Waals surface area contributed by atoms with Crippen LogP contribution in [0.25, 0.3) is 17.1 Å². The molecule has 27 heavy (non-hydrogen) atoms. The van der Waals surface area contributed by atoms with E-state index in [0.717, 1.165) is 29.9 Å². The summed E-state index contributed by atoms with van der Waals surface area (Å²) in [4.78, 5) is 8.89. The van der Waals surface area contributed by atoms with Gasteiger partial charge in [0.25, 0.3) is 0 Å². The first kappa shape index (κ1) is 17.2. The maximum Gasteiger partial charge on any atom is 0.183 e. The Hall–Kier alpha value is -3.27. The molecule has 0 radical (unpaired) electrons. The molecular formula is C23H22N4. The SMILES string of the molecule is CCc1nc(-c2cccnc2)nn1-c1cccc(Cc2ccccc2C)c1. The summed E-state index contributed by atoms with van der Waals surface area (Å²) in [5, 5.41) is 4.75. The highest BCUT2D eigenvalue weighted by Gasteiger charge is 2.12. The number of pyridine rings is 1. The van der Waals surface area contributed by atoms with Gasteiger partial charge < -0.3 is 0 Å². The van der Waals surface area contributed by atoms with Crippen molar-refractivity contribution in [3.05, 3.63) is 95.6 Å². The molecule has 0 aliphatic rings. The molecule has 0 fully saturated rings. The second-order valence-electron chi connectivity index (χ2n) is 6.63. The molecule has 0 unspecified atom stereocenters. The highest BCUT2D eigenvalue weighted by molar-refractivity contribution is 5.53. The Kier molecular flexibility index (Phi) is 4.79. The Morgan fingerprint density at radius 2 is 1.85 bits per heavy atom. The van der Waals surface area contributed by atoms with Crippen LogP contribution < -0.4 is 0 Å². The second-order valence-corrected chi connectivity index (χ2v) is 6.63. The van der Waals surface area contributed by atoms with Crippen molar-refractivity contribution in [3.63, 3.8) is 0 Å². The largest absolute Gasteiger partial charge is 0.264 e. The molecule has 0 spiro atoms. The minimum atomic E-state index is 0.712. The molecule has 4 aromatic rings. The van der Waals surface area contributed by atoms with Crippen molar-refractivity contribution in [1.82, 2.24) is 19.7 Å². The summed E-state index contributed by atoms with van der Waals surface area (Å²) >= 11 is 0. The van der Waals surface area contributed by atoms with E-state index in [1.54, 1.807) is 12.4 Å². The van der Waals surface area contributed by atoms with Gasteiger partial charge >= 0.3 is 0 Å². The molecule has 4 nitrogen and oxygen atoms in total. The van der Waals surface area contributed by atoms with E-state index in [1.165, 1.54) is 16.7 Å². The third kappa shape index (κ3) is 3.65. The van der Waals surface area contributed by atoms with Gasteiger partial charge in [-0.05, 0) is 54.3 Å². The fourth-order valence-electron chi connectivity index (χ4n) is 3.22. The van der Waals surface area contributed by atoms with Crippen molar-refractivity contribution in [2.45, 2.75) is 26.7 Å². The van der Waals surface area contributed by atoms with Crippen LogP contribution in [-0.4, -0.2) is 19.7 Å². The van der Waals surface area contributed by atoms with Gasteiger partial charge in [-0.2, -0.15) is 0 Å². The van der Waals surface area contributed by atoms with E-state index < -0.39 is 0 Å². The smallest absolute Gasteiger partial charge is 0.183 e. The molecule has 4 heteroatoms. The minimum Gasteiger partial charge on any atom is -0.264 e. The summed E-state index contributed by atoms with van der Waals surface area (Å²) in [7, 11) is 0. The summed E-state index contributed by atoms with van der Waals surface area (Å²) in [6.07, 6.45) is 5.28. The summed E-state index contributed by atoms with van der Waals surface area (Å²) in [6, 6.07) is 21.0. The lowest BCUT2D eigenvalue weighted by Crippen LogP contribution is -2.03. The average Bonchev–Trinajstić information content (AvgIpc) is 3.15. The van der Waals surface area contributed by atoms with E-state index >= 15 is 0 Å². The maximum absolute atomic E-state index is 4.75. The normalized spacial score (nSPS) is 10.9. The fourth-order valence-corrected chi connectivity index (χ4v) is 3.22. The number of aryl methyl sites for hydroxylation is 2. The van der Waals surface area contributed by atoms with Crippen LogP contribution in [0.4, 0.5) is 0 Å². The van der Waals surface area contributed by atoms with Gasteiger partial charge in [0.1, 0.15) is 5.82 Å². The van der Waals surface area contributed by atoms with Crippen molar-refractivity contribution < 1.29 is 0 Å². The van der Waals surface area contributed by atoms with Gasteiger partial charge in [0.2, 0.25) is 0 Å². The van der Waals surface area contributed by atoms with Gasteiger partial charge in [-0.3, -0.25) is 4.98 Å². The zero-order valence-electron chi connectivity index (χ0n) is 15.6. The van der Waals surface area contributed by atoms with E-state index in [0.29, 0.717) is 5.82 Å². The van der Waals surface area contributed by atoms with Crippen LogP contribution in [0, 0.1) is 6.92 Å². The Labute approximate surface area is 159 Å². The molecule has 0 atom stereocenters. The van der Waals surface area contributed by atoms with Crippen molar-refractivity contribution in [2.24, 2.45) is 0 Å². The molecule has 4 rings (SSSR count). The van der Waals surface area contributed by atoms with E-state index in [-0.39, 0.29) is 0 Å². The van der Waals surface area contributed by atoms with Crippen molar-refractivity contribution in [3.8, 4) is 17.1 Å². The summed E-state index contributed by atoms with van der Waals surface area (Å²) in [5.41, 5.74) is 5.90. The van der Waals surface area contributed by atoms with Crippen molar-refractivity contribution >= 4 is 0 Å². The molecule has 0 amide bonds. The van der Waals surface area contributed by atoms with E-state index in [1.807, 2.05) is 16.8 Å². The first-order valence-corrected chi connectivity index (χ1v) is 9.24. The van der Waals surface area contributed by atoms with Gasteiger partial charge in [0, 0.05) is 24.4 Å². The summed E-state index contributed by atoms with van der Waals surface area (Å²) in [5.74, 6) is 1.66. The van der Waals surface area contributed by atoms with Crippen molar-refractivity contribution in [1.29, 1.82) is 0 Å². The number of nitrogens with zero attached hydrogens (tertiary/aromatic N) is 4. The highest BCUT2D eigenvalue weighted by Crippen LogP contribution is 2.20. The molecule has 0 aliphatic heterocycles. The zero-order valence-corrected chi connectivity index (χ0v) is 15.6. The molecule has 0 saturated heterocycles. The van der Waals surface area contributed by atoms with Crippen LogP contribution in [0.15, 0.2) is 73.1 Å². The third-order valence-electron chi connectivity index (χ3n) is 4.72. The van der Waals surface area contributed by atoms with Crippen LogP contribution >= 0.6 is 0 Å². The molecule has 0 saturated carbocycles. The standard InChI is InChI=1S/C23H22N4/c1-3-22-25-23(20-11-7-13-24-16-20)26-27(22)21-12-6-9-18(15-21)14-19-10-5-4-8-17(19)2/h4-13,15-16H,3,14H2,1-2H3. The minimum absolute atomic E-state index is 0.712. The first-order valence-electron chi connectivity index (χ1n) is 9.24. The number of rotatable bonds is 5.